The molecule has 0 aromatic heterocycles. The van der Waals surface area contributed by atoms with Crippen molar-refractivity contribution in [2.24, 2.45) is 0 Å². The minimum Gasteiger partial charge on any atom is -0.398 e. The van der Waals surface area contributed by atoms with Crippen LogP contribution in [0.4, 0.5) is 5.69 Å². The average Bonchev–Trinajstić information content (AvgIpc) is 1.86. The Hall–Kier alpha value is -1.07. The van der Waals surface area contributed by atoms with Gasteiger partial charge in [-0.25, -0.2) is 0 Å². The van der Waals surface area contributed by atoms with E-state index in [0.29, 0.717) is 0 Å². The zero-order chi connectivity index (χ0) is 8.48. The lowest BCUT2D eigenvalue weighted by atomic mass is 10.3. The molecule has 1 rings (SSSR count). The van der Waals surface area contributed by atoms with Crippen molar-refractivity contribution in [1.82, 2.24) is 0 Å². The number of hydrogen-bond acceptors (Lipinski definition) is 3. The van der Waals surface area contributed by atoms with Gasteiger partial charge in [0.25, 0.3) is 10.1 Å². The van der Waals surface area contributed by atoms with Crippen LogP contribution in [0.2, 0.25) is 0 Å². The highest BCUT2D eigenvalue weighted by atomic mass is 32.2. The zero-order valence-corrected chi connectivity index (χ0v) is 6.30. The molecule has 59 valence electrons. The number of benzene rings is 1. The minimum absolute atomic E-state index is 0.181. The first-order chi connectivity index (χ1) is 5.00. The summed E-state index contributed by atoms with van der Waals surface area (Å²) in [5.41, 5.74) is 5.40. The van der Waals surface area contributed by atoms with Gasteiger partial charge in [0.2, 0.25) is 0 Å². The normalized spacial score (nSPS) is 11.4. The maximum absolute atomic E-state index is 10.5. The fourth-order valence-electron chi connectivity index (χ4n) is 0.615. The van der Waals surface area contributed by atoms with E-state index in [-0.39, 0.29) is 10.6 Å². The van der Waals surface area contributed by atoms with Crippen molar-refractivity contribution in [3.63, 3.8) is 0 Å². The van der Waals surface area contributed by atoms with E-state index in [9.17, 15) is 8.42 Å². The Kier molecular flexibility index (Phi) is 1.84. The van der Waals surface area contributed by atoms with Crippen molar-refractivity contribution < 1.29 is 13.0 Å². The first-order valence-corrected chi connectivity index (χ1v) is 4.19. The van der Waals surface area contributed by atoms with Gasteiger partial charge >= 0.3 is 0 Å². The smallest absolute Gasteiger partial charge is 0.295 e. The molecule has 5 heteroatoms. The summed E-state index contributed by atoms with van der Waals surface area (Å²) in [7, 11) is -4.16. The van der Waals surface area contributed by atoms with Gasteiger partial charge in [0.05, 0.1) is 0 Å². The lowest BCUT2D eigenvalue weighted by molar-refractivity contribution is 0.483. The third-order valence-electron chi connectivity index (χ3n) is 1.07. The zero-order valence-electron chi connectivity index (χ0n) is 5.48. The summed E-state index contributed by atoms with van der Waals surface area (Å²) in [6, 6.07) is 6.41. The predicted molar refractivity (Wildman–Crippen MR) is 39.5 cm³/mol. The van der Waals surface area contributed by atoms with Crippen LogP contribution < -0.4 is 5.73 Å². The minimum atomic E-state index is -4.16. The molecule has 0 amide bonds. The van der Waals surface area contributed by atoms with Gasteiger partial charge in [-0.3, -0.25) is 4.55 Å². The summed E-state index contributed by atoms with van der Waals surface area (Å²) in [4.78, 5) is -0.308. The highest BCUT2D eigenvalue weighted by Crippen LogP contribution is 2.10. The van der Waals surface area contributed by atoms with Crippen LogP contribution in [0.5, 0.6) is 0 Å². The summed E-state index contributed by atoms with van der Waals surface area (Å²) in [6.45, 7) is 0. The highest BCUT2D eigenvalue weighted by molar-refractivity contribution is 7.85. The van der Waals surface area contributed by atoms with E-state index in [1.807, 2.05) is 0 Å². The van der Waals surface area contributed by atoms with Gasteiger partial charge in [-0.2, -0.15) is 8.42 Å². The standard InChI is InChI=1S/C6H6NO3S/c7-5-2-1-3-6(4-5)11(8,9)10/h1-3H,7H2,(H,8,9,10). The maximum atomic E-state index is 10.5. The molecule has 0 aliphatic carbocycles. The predicted octanol–water partition coefficient (Wildman–Crippen LogP) is 0.316. The number of nitrogens with two attached hydrogens (primary N) is 1. The molecule has 0 fully saturated rings. The Morgan fingerprint density at radius 2 is 2.09 bits per heavy atom. The third kappa shape index (κ3) is 1.92. The molecule has 0 spiro atoms. The molecular weight excluding hydrogens is 166 g/mol. The van der Waals surface area contributed by atoms with Crippen molar-refractivity contribution in [1.29, 1.82) is 0 Å². The maximum Gasteiger partial charge on any atom is 0.295 e. The van der Waals surface area contributed by atoms with Gasteiger partial charge in [-0.15, -0.1) is 0 Å². The second-order valence-corrected chi connectivity index (χ2v) is 3.34. The summed E-state index contributed by atoms with van der Waals surface area (Å²) in [5.74, 6) is 0. The quantitative estimate of drug-likeness (QED) is 0.472. The number of nitrogen functional groups attached to an aromatic ring is 1. The first kappa shape index (κ1) is 8.03. The summed E-state index contributed by atoms with van der Waals surface area (Å²) in [6.07, 6.45) is 0. The van der Waals surface area contributed by atoms with Crippen LogP contribution in [-0.2, 0) is 10.1 Å². The van der Waals surface area contributed by atoms with Crippen LogP contribution in [0.3, 0.4) is 0 Å². The largest absolute Gasteiger partial charge is 0.398 e. The third-order valence-corrected chi connectivity index (χ3v) is 1.86. The van der Waals surface area contributed by atoms with Crippen LogP contribution in [0.1, 0.15) is 0 Å². The Bertz CT molecular complexity index is 358. The van der Waals surface area contributed by atoms with Gasteiger partial charge < -0.3 is 5.73 Å². The van der Waals surface area contributed by atoms with Crippen LogP contribution in [-0.4, -0.2) is 13.0 Å². The monoisotopic (exact) mass is 172 g/mol. The fraction of sp³-hybridized carbons (Fsp3) is 0. The van der Waals surface area contributed by atoms with E-state index in [2.05, 4.69) is 6.07 Å². The van der Waals surface area contributed by atoms with E-state index in [4.69, 9.17) is 10.3 Å². The molecule has 1 aromatic rings. The Morgan fingerprint density at radius 1 is 1.45 bits per heavy atom. The molecule has 4 nitrogen and oxygen atoms in total. The van der Waals surface area contributed by atoms with E-state index >= 15 is 0 Å². The van der Waals surface area contributed by atoms with Crippen molar-refractivity contribution in [3.8, 4) is 0 Å². The van der Waals surface area contributed by atoms with Crippen molar-refractivity contribution in [2.45, 2.75) is 4.90 Å². The van der Waals surface area contributed by atoms with E-state index in [1.54, 1.807) is 0 Å². The van der Waals surface area contributed by atoms with Crippen molar-refractivity contribution in [2.75, 3.05) is 5.73 Å². The molecule has 0 unspecified atom stereocenters. The summed E-state index contributed by atoms with van der Waals surface area (Å²) < 4.78 is 29.4. The number of anilines is 1. The average molecular weight is 172 g/mol. The topological polar surface area (TPSA) is 80.4 Å². The first-order valence-electron chi connectivity index (χ1n) is 2.75. The lowest BCUT2D eigenvalue weighted by Gasteiger charge is -1.95. The molecule has 0 atom stereocenters. The second kappa shape index (κ2) is 2.52. The summed E-state index contributed by atoms with van der Waals surface area (Å²) >= 11 is 0. The molecule has 3 N–H and O–H groups in total. The lowest BCUT2D eigenvalue weighted by Crippen LogP contribution is -1.98. The molecule has 0 heterocycles. The van der Waals surface area contributed by atoms with Gasteiger partial charge in [-0.1, -0.05) is 6.07 Å². The van der Waals surface area contributed by atoms with Crippen LogP contribution in [0.25, 0.3) is 0 Å². The van der Waals surface area contributed by atoms with E-state index < -0.39 is 10.1 Å². The molecule has 0 saturated heterocycles. The highest BCUT2D eigenvalue weighted by Gasteiger charge is 2.08. The fourth-order valence-corrected chi connectivity index (χ4v) is 1.11. The van der Waals surface area contributed by atoms with Gasteiger partial charge in [0, 0.05) is 11.8 Å². The Morgan fingerprint density at radius 3 is 2.45 bits per heavy atom. The van der Waals surface area contributed by atoms with Crippen LogP contribution in [0, 0.1) is 6.07 Å². The molecular formula is C6H6NO3S. The van der Waals surface area contributed by atoms with Gasteiger partial charge in [-0.05, 0) is 12.1 Å². The number of rotatable bonds is 1. The molecule has 1 radical (unpaired) electrons. The molecule has 0 bridgehead atoms. The molecule has 11 heavy (non-hydrogen) atoms. The van der Waals surface area contributed by atoms with Gasteiger partial charge in [0.1, 0.15) is 4.90 Å². The molecule has 1 aromatic carbocycles. The van der Waals surface area contributed by atoms with E-state index in [1.165, 1.54) is 18.2 Å². The SMILES string of the molecule is Nc1[c]c(S(=O)(=O)O)ccc1. The number of hydrogen-bond donors (Lipinski definition) is 2. The van der Waals surface area contributed by atoms with Crippen LogP contribution in [0.15, 0.2) is 23.1 Å². The molecule has 0 saturated carbocycles. The van der Waals surface area contributed by atoms with Crippen molar-refractivity contribution >= 4 is 15.8 Å². The Labute approximate surface area is 64.4 Å². The van der Waals surface area contributed by atoms with E-state index in [0.717, 1.165) is 0 Å². The van der Waals surface area contributed by atoms with Crippen molar-refractivity contribution in [3.05, 3.63) is 24.3 Å². The van der Waals surface area contributed by atoms with Crippen LogP contribution >= 0.6 is 0 Å². The summed E-state index contributed by atoms with van der Waals surface area (Å²) in [5, 5.41) is 0. The molecule has 0 aliphatic rings. The molecule has 0 aliphatic heterocycles. The Balaban J connectivity index is 3.28. The second-order valence-electron chi connectivity index (χ2n) is 1.95. The van der Waals surface area contributed by atoms with Gasteiger partial charge in [0.15, 0.2) is 0 Å².